The van der Waals surface area contributed by atoms with E-state index in [0.29, 0.717) is 30.2 Å². The summed E-state index contributed by atoms with van der Waals surface area (Å²) in [7, 11) is 0. The molecule has 1 aromatic heterocycles. The normalized spacial score (nSPS) is 17.8. The van der Waals surface area contributed by atoms with Crippen molar-refractivity contribution in [3.8, 4) is 0 Å². The Morgan fingerprint density at radius 1 is 1.43 bits per heavy atom. The third kappa shape index (κ3) is 4.51. The number of thiazole rings is 1. The van der Waals surface area contributed by atoms with E-state index in [1.54, 1.807) is 11.8 Å². The highest BCUT2D eigenvalue weighted by Crippen LogP contribution is 2.19. The molecule has 23 heavy (non-hydrogen) atoms. The van der Waals surface area contributed by atoms with E-state index < -0.39 is 5.97 Å². The molecular formula is C15H21N3O4S. The molecule has 1 saturated heterocycles. The molecule has 1 atom stereocenters. The van der Waals surface area contributed by atoms with Gasteiger partial charge in [0.15, 0.2) is 0 Å². The van der Waals surface area contributed by atoms with Gasteiger partial charge >= 0.3 is 5.97 Å². The van der Waals surface area contributed by atoms with Gasteiger partial charge < -0.3 is 15.3 Å². The average Bonchev–Trinajstić information content (AvgIpc) is 2.88. The second kappa shape index (κ2) is 7.54. The summed E-state index contributed by atoms with van der Waals surface area (Å²) in [6.45, 7) is 4.79. The van der Waals surface area contributed by atoms with Crippen LogP contribution in [-0.2, 0) is 16.0 Å². The molecule has 1 aliphatic heterocycles. The van der Waals surface area contributed by atoms with E-state index in [-0.39, 0.29) is 22.6 Å². The number of aryl methyl sites for hydroxylation is 1. The third-order valence-electron chi connectivity index (χ3n) is 3.91. The molecule has 126 valence electrons. The quantitative estimate of drug-likeness (QED) is 0.836. The van der Waals surface area contributed by atoms with Crippen molar-refractivity contribution in [1.29, 1.82) is 0 Å². The number of amides is 2. The number of aromatic carboxylic acids is 1. The molecule has 1 aromatic rings. The van der Waals surface area contributed by atoms with Crippen LogP contribution in [-0.4, -0.2) is 52.4 Å². The number of hydrogen-bond donors (Lipinski definition) is 2. The monoisotopic (exact) mass is 339 g/mol. The molecule has 1 aliphatic rings. The van der Waals surface area contributed by atoms with Crippen LogP contribution in [0.1, 0.15) is 40.1 Å². The standard InChI is InChI=1S/C15H21N3O4S/c1-9-13(15(21)22)23-12(17-9)5-6-16-14(20)11-4-3-7-18(8-11)10(2)19/h11H,3-8H2,1-2H3,(H,16,20)(H,21,22)/t11-/m0/s1. The van der Waals surface area contributed by atoms with Gasteiger partial charge in [-0.15, -0.1) is 11.3 Å². The fourth-order valence-electron chi connectivity index (χ4n) is 2.67. The second-order valence-electron chi connectivity index (χ2n) is 5.67. The van der Waals surface area contributed by atoms with Crippen LogP contribution in [0.2, 0.25) is 0 Å². The number of carboxylic acids is 1. The predicted octanol–water partition coefficient (Wildman–Crippen LogP) is 1.07. The zero-order valence-electron chi connectivity index (χ0n) is 13.3. The molecule has 0 spiro atoms. The summed E-state index contributed by atoms with van der Waals surface area (Å²) in [5.74, 6) is -1.19. The minimum Gasteiger partial charge on any atom is -0.477 e. The van der Waals surface area contributed by atoms with Crippen LogP contribution in [0.25, 0.3) is 0 Å². The van der Waals surface area contributed by atoms with Crippen LogP contribution < -0.4 is 5.32 Å². The van der Waals surface area contributed by atoms with E-state index in [9.17, 15) is 14.4 Å². The maximum atomic E-state index is 12.2. The minimum atomic E-state index is -0.971. The minimum absolute atomic E-state index is 0.00182. The van der Waals surface area contributed by atoms with Gasteiger partial charge in [-0.25, -0.2) is 9.78 Å². The molecule has 0 aliphatic carbocycles. The van der Waals surface area contributed by atoms with E-state index in [1.165, 1.54) is 6.92 Å². The highest BCUT2D eigenvalue weighted by Gasteiger charge is 2.26. The predicted molar refractivity (Wildman–Crippen MR) is 85.5 cm³/mol. The van der Waals surface area contributed by atoms with Crippen LogP contribution in [0.3, 0.4) is 0 Å². The Balaban J connectivity index is 1.81. The number of carbonyl (C=O) groups is 3. The summed E-state index contributed by atoms with van der Waals surface area (Å²) >= 11 is 1.14. The van der Waals surface area contributed by atoms with Gasteiger partial charge in [0.2, 0.25) is 11.8 Å². The summed E-state index contributed by atoms with van der Waals surface area (Å²) in [4.78, 5) is 40.7. The Morgan fingerprint density at radius 3 is 2.78 bits per heavy atom. The number of nitrogens with one attached hydrogen (secondary N) is 1. The van der Waals surface area contributed by atoms with Crippen LogP contribution in [0.4, 0.5) is 0 Å². The largest absolute Gasteiger partial charge is 0.477 e. The molecule has 0 radical (unpaired) electrons. The van der Waals surface area contributed by atoms with Crippen LogP contribution in [0.15, 0.2) is 0 Å². The van der Waals surface area contributed by atoms with Crippen LogP contribution >= 0.6 is 11.3 Å². The summed E-state index contributed by atoms with van der Waals surface area (Å²) in [6, 6.07) is 0. The van der Waals surface area contributed by atoms with Gasteiger partial charge in [-0.05, 0) is 19.8 Å². The van der Waals surface area contributed by atoms with Gasteiger partial charge in [0.25, 0.3) is 0 Å². The van der Waals surface area contributed by atoms with Crippen molar-refractivity contribution in [2.75, 3.05) is 19.6 Å². The maximum absolute atomic E-state index is 12.2. The van der Waals surface area contributed by atoms with Gasteiger partial charge in [0.1, 0.15) is 4.88 Å². The molecule has 1 fully saturated rings. The Bertz CT molecular complexity index is 614. The summed E-state index contributed by atoms with van der Waals surface area (Å²) in [5.41, 5.74) is 0.508. The molecule has 7 nitrogen and oxygen atoms in total. The van der Waals surface area contributed by atoms with E-state index in [0.717, 1.165) is 30.7 Å². The first-order chi connectivity index (χ1) is 10.9. The van der Waals surface area contributed by atoms with Gasteiger partial charge in [-0.1, -0.05) is 0 Å². The average molecular weight is 339 g/mol. The number of carboxylic acid groups (broad SMARTS) is 1. The molecule has 2 rings (SSSR count). The lowest BCUT2D eigenvalue weighted by Crippen LogP contribution is -2.45. The summed E-state index contributed by atoms with van der Waals surface area (Å²) < 4.78 is 0. The van der Waals surface area contributed by atoms with Crippen molar-refractivity contribution in [2.45, 2.75) is 33.1 Å². The number of likely N-dealkylation sites (tertiary alicyclic amines) is 1. The van der Waals surface area contributed by atoms with Crippen LogP contribution in [0.5, 0.6) is 0 Å². The van der Waals surface area contributed by atoms with E-state index in [4.69, 9.17) is 5.11 Å². The van der Waals surface area contributed by atoms with Crippen molar-refractivity contribution in [3.05, 3.63) is 15.6 Å². The first kappa shape index (κ1) is 17.4. The van der Waals surface area contributed by atoms with Crippen molar-refractivity contribution < 1.29 is 19.5 Å². The van der Waals surface area contributed by atoms with Crippen LogP contribution in [0, 0.1) is 12.8 Å². The lowest BCUT2D eigenvalue weighted by atomic mass is 9.97. The molecule has 0 aromatic carbocycles. The maximum Gasteiger partial charge on any atom is 0.347 e. The molecular weight excluding hydrogens is 318 g/mol. The first-order valence-electron chi connectivity index (χ1n) is 7.61. The van der Waals surface area contributed by atoms with Gasteiger partial charge in [0.05, 0.1) is 16.6 Å². The van der Waals surface area contributed by atoms with Crippen molar-refractivity contribution in [1.82, 2.24) is 15.2 Å². The zero-order chi connectivity index (χ0) is 17.0. The number of carbonyl (C=O) groups excluding carboxylic acids is 2. The fraction of sp³-hybridized carbons (Fsp3) is 0.600. The molecule has 0 unspecified atom stereocenters. The van der Waals surface area contributed by atoms with Gasteiger partial charge in [-0.3, -0.25) is 9.59 Å². The van der Waals surface area contributed by atoms with Crippen molar-refractivity contribution in [3.63, 3.8) is 0 Å². The van der Waals surface area contributed by atoms with Crippen molar-refractivity contribution in [2.24, 2.45) is 5.92 Å². The number of piperidine rings is 1. The number of rotatable bonds is 5. The Kier molecular flexibility index (Phi) is 5.70. The van der Waals surface area contributed by atoms with Crippen molar-refractivity contribution >= 4 is 29.1 Å². The number of nitrogens with zero attached hydrogens (tertiary/aromatic N) is 2. The Hall–Kier alpha value is -1.96. The first-order valence-corrected chi connectivity index (χ1v) is 8.43. The highest BCUT2D eigenvalue weighted by molar-refractivity contribution is 7.13. The van der Waals surface area contributed by atoms with Gasteiger partial charge in [0, 0.05) is 33.0 Å². The fourth-order valence-corrected chi connectivity index (χ4v) is 3.57. The molecule has 8 heteroatoms. The highest BCUT2D eigenvalue weighted by atomic mass is 32.1. The summed E-state index contributed by atoms with van der Waals surface area (Å²) in [5, 5.41) is 12.6. The SMILES string of the molecule is CC(=O)N1CCC[C@H](C(=O)NCCc2nc(C)c(C(=O)O)s2)C1. The zero-order valence-corrected chi connectivity index (χ0v) is 14.1. The lowest BCUT2D eigenvalue weighted by Gasteiger charge is -2.31. The lowest BCUT2D eigenvalue weighted by molar-refractivity contribution is -0.133. The van der Waals surface area contributed by atoms with E-state index in [2.05, 4.69) is 10.3 Å². The third-order valence-corrected chi connectivity index (χ3v) is 5.12. The van der Waals surface area contributed by atoms with E-state index in [1.807, 2.05) is 0 Å². The molecule has 2 amide bonds. The second-order valence-corrected chi connectivity index (χ2v) is 6.76. The topological polar surface area (TPSA) is 99.6 Å². The smallest absolute Gasteiger partial charge is 0.347 e. The number of aromatic nitrogens is 1. The molecule has 2 N–H and O–H groups in total. The molecule has 0 saturated carbocycles. The summed E-state index contributed by atoms with van der Waals surface area (Å²) in [6.07, 6.45) is 2.13. The van der Waals surface area contributed by atoms with E-state index >= 15 is 0 Å². The number of hydrogen-bond acceptors (Lipinski definition) is 5. The van der Waals surface area contributed by atoms with Gasteiger partial charge in [-0.2, -0.15) is 0 Å². The Labute approximate surface area is 138 Å². The molecule has 0 bridgehead atoms. The molecule has 2 heterocycles. The Morgan fingerprint density at radius 2 is 2.17 bits per heavy atom.